The van der Waals surface area contributed by atoms with Crippen molar-refractivity contribution in [2.45, 2.75) is 134 Å². The molecule has 0 aliphatic carbocycles. The van der Waals surface area contributed by atoms with E-state index in [2.05, 4.69) is 17.6 Å². The molecule has 0 spiro atoms. The van der Waals surface area contributed by atoms with Gasteiger partial charge >= 0.3 is 17.6 Å². The zero-order valence-corrected chi connectivity index (χ0v) is 26.1. The van der Waals surface area contributed by atoms with E-state index in [9.17, 15) is 0 Å². The Morgan fingerprint density at radius 3 is 1.79 bits per heavy atom. The maximum absolute atomic E-state index is 7.48. The first-order valence-electron chi connectivity index (χ1n) is 15.3. The quantitative estimate of drug-likeness (QED) is 0.107. The summed E-state index contributed by atoms with van der Waals surface area (Å²) in [6.45, 7) is 3.75. The molecule has 5 atom stereocenters. The second kappa shape index (κ2) is 16.9. The molecular formula is C26H54N6O5Si2. The van der Waals surface area contributed by atoms with E-state index in [1.54, 1.807) is 0 Å². The van der Waals surface area contributed by atoms with Crippen molar-refractivity contribution < 1.29 is 21.8 Å². The van der Waals surface area contributed by atoms with Gasteiger partial charge in [0.25, 0.3) is 0 Å². The lowest BCUT2D eigenvalue weighted by Gasteiger charge is -2.33. The zero-order valence-electron chi connectivity index (χ0n) is 24.1. The Balaban J connectivity index is 1.73. The van der Waals surface area contributed by atoms with Crippen molar-refractivity contribution in [3.63, 3.8) is 0 Å². The maximum atomic E-state index is 7.48. The molecule has 226 valence electrons. The van der Waals surface area contributed by atoms with Gasteiger partial charge in [0.1, 0.15) is 0 Å². The number of hydrogen-bond acceptors (Lipinski definition) is 7. The summed E-state index contributed by atoms with van der Waals surface area (Å²) >= 11 is 0. The highest BCUT2D eigenvalue weighted by molar-refractivity contribution is 6.75. The molecule has 0 amide bonds. The molecule has 3 aliphatic rings. The molecule has 0 aromatic heterocycles. The minimum absolute atomic E-state index is 0.00524. The van der Waals surface area contributed by atoms with E-state index in [1.807, 2.05) is 0 Å². The van der Waals surface area contributed by atoms with E-state index in [0.717, 1.165) is 25.7 Å². The average Bonchev–Trinajstić information content (AvgIpc) is 3.42. The predicted molar refractivity (Wildman–Crippen MR) is 158 cm³/mol. The van der Waals surface area contributed by atoms with Crippen LogP contribution in [0.5, 0.6) is 0 Å². The largest absolute Gasteiger partial charge is 0.494 e. The SMILES string of the molecule is CC1O[Si]2(CCCNC(=N)N)OC1CCCCCCCCCCCCC[C@@H]1CO[Si](CCCNC(=N)N)(O1)O2. The molecule has 3 aliphatic heterocycles. The number of rotatable bonds is 8. The summed E-state index contributed by atoms with van der Waals surface area (Å²) in [6.07, 6.45) is 17.3. The van der Waals surface area contributed by atoms with Crippen molar-refractivity contribution in [1.29, 1.82) is 10.8 Å². The summed E-state index contributed by atoms with van der Waals surface area (Å²) in [7, 11) is -6.20. The average molecular weight is 587 g/mol. The predicted octanol–water partition coefficient (Wildman–Crippen LogP) is 3.93. The summed E-state index contributed by atoms with van der Waals surface area (Å²) in [6, 6.07) is 1.24. The Morgan fingerprint density at radius 1 is 0.718 bits per heavy atom. The Morgan fingerprint density at radius 2 is 1.23 bits per heavy atom. The molecule has 8 N–H and O–H groups in total. The second-order valence-corrected chi connectivity index (χ2v) is 16.9. The Kier molecular flexibility index (Phi) is 14.0. The van der Waals surface area contributed by atoms with E-state index >= 15 is 0 Å². The number of nitrogens with two attached hydrogens (primary N) is 2. The molecular weight excluding hydrogens is 532 g/mol. The summed E-state index contributed by atoms with van der Waals surface area (Å²) in [4.78, 5) is 0. The van der Waals surface area contributed by atoms with Crippen LogP contribution in [-0.2, 0) is 21.8 Å². The van der Waals surface area contributed by atoms with Crippen LogP contribution in [0.4, 0.5) is 0 Å². The van der Waals surface area contributed by atoms with Crippen LogP contribution in [0.15, 0.2) is 0 Å². The van der Waals surface area contributed by atoms with Crippen molar-refractivity contribution in [2.24, 2.45) is 11.5 Å². The molecule has 3 heterocycles. The third-order valence-corrected chi connectivity index (χ3v) is 14.9. The molecule has 3 saturated heterocycles. The first-order chi connectivity index (χ1) is 18.8. The number of nitrogens with one attached hydrogen (secondary N) is 4. The number of fused-ring (bicyclic) bond motifs is 4. The van der Waals surface area contributed by atoms with E-state index in [-0.39, 0.29) is 30.2 Å². The van der Waals surface area contributed by atoms with Gasteiger partial charge in [0.05, 0.1) is 24.9 Å². The molecule has 4 unspecified atom stereocenters. The molecule has 4 bridgehead atoms. The summed E-state index contributed by atoms with van der Waals surface area (Å²) < 4.78 is 33.5. The van der Waals surface area contributed by atoms with E-state index in [1.165, 1.54) is 57.8 Å². The fourth-order valence-corrected chi connectivity index (χ4v) is 13.7. The molecule has 0 radical (unpaired) electrons. The van der Waals surface area contributed by atoms with Crippen molar-refractivity contribution in [3.8, 4) is 0 Å². The lowest BCUT2D eigenvalue weighted by molar-refractivity contribution is 0.118. The van der Waals surface area contributed by atoms with Crippen LogP contribution in [0.25, 0.3) is 0 Å². The Hall–Kier alpha value is -1.23. The Bertz CT molecular complexity index is 756. The van der Waals surface area contributed by atoms with Gasteiger partial charge in [-0.15, -0.1) is 0 Å². The standard InChI is InChI=1S/C26H54N6O5Si2/c1-22-24-16-12-10-8-6-4-2-3-5-7-9-11-15-23-21-33-38(35-23,19-13-17-31-25(27)28)37-39(34-22,36-24)20-14-18-32-26(29)30/h22-24H,2-21H2,1H3,(H4,27,28,31)(H4,29,30,32)/t22?,23-,24?,38?,39?/m1/s1. The summed E-state index contributed by atoms with van der Waals surface area (Å²) in [5.41, 5.74) is 11.0. The maximum Gasteiger partial charge on any atom is 0.494 e. The van der Waals surface area contributed by atoms with Gasteiger partial charge in [0.2, 0.25) is 0 Å². The fourth-order valence-electron chi connectivity index (χ4n) is 5.75. The van der Waals surface area contributed by atoms with Gasteiger partial charge < -0.3 is 43.9 Å². The van der Waals surface area contributed by atoms with Crippen LogP contribution < -0.4 is 22.1 Å². The fraction of sp³-hybridized carbons (Fsp3) is 0.923. The smallest absolute Gasteiger partial charge is 0.371 e. The molecule has 0 aromatic carbocycles. The second-order valence-electron chi connectivity index (χ2n) is 11.4. The van der Waals surface area contributed by atoms with Gasteiger partial charge in [-0.1, -0.05) is 70.6 Å². The van der Waals surface area contributed by atoms with Crippen molar-refractivity contribution >= 4 is 29.5 Å². The van der Waals surface area contributed by atoms with Gasteiger partial charge in [-0.25, -0.2) is 0 Å². The monoisotopic (exact) mass is 586 g/mol. The van der Waals surface area contributed by atoms with Gasteiger partial charge in [0.15, 0.2) is 11.9 Å². The van der Waals surface area contributed by atoms with Gasteiger partial charge in [0, 0.05) is 25.2 Å². The molecule has 0 aromatic rings. The highest BCUT2D eigenvalue weighted by atomic mass is 28.5. The molecule has 3 fully saturated rings. The molecule has 39 heavy (non-hydrogen) atoms. The van der Waals surface area contributed by atoms with Gasteiger partial charge in [-0.3, -0.25) is 10.8 Å². The summed E-state index contributed by atoms with van der Waals surface area (Å²) in [5, 5.41) is 20.7. The third-order valence-electron chi connectivity index (χ3n) is 7.83. The zero-order chi connectivity index (χ0) is 28.0. The molecule has 0 saturated carbocycles. The third kappa shape index (κ3) is 11.7. The highest BCUT2D eigenvalue weighted by Crippen LogP contribution is 2.39. The van der Waals surface area contributed by atoms with Crippen molar-refractivity contribution in [3.05, 3.63) is 0 Å². The normalized spacial score (nSPS) is 33.3. The van der Waals surface area contributed by atoms with Crippen LogP contribution in [0.2, 0.25) is 12.1 Å². The first kappa shape index (κ1) is 32.3. The number of guanidine groups is 2. The lowest BCUT2D eigenvalue weighted by atomic mass is 10.0. The van der Waals surface area contributed by atoms with E-state index in [0.29, 0.717) is 44.6 Å². The molecule has 3 rings (SSSR count). The highest BCUT2D eigenvalue weighted by Gasteiger charge is 2.61. The minimum Gasteiger partial charge on any atom is -0.371 e. The van der Waals surface area contributed by atoms with Crippen molar-refractivity contribution in [1.82, 2.24) is 10.6 Å². The van der Waals surface area contributed by atoms with Crippen LogP contribution in [-0.4, -0.2) is 67.5 Å². The Labute approximate surface area is 237 Å². The van der Waals surface area contributed by atoms with Gasteiger partial charge in [-0.05, 0) is 32.6 Å². The summed E-state index contributed by atoms with van der Waals surface area (Å²) in [5.74, 6) is -0.0831. The van der Waals surface area contributed by atoms with Crippen LogP contribution in [0, 0.1) is 10.8 Å². The topological polar surface area (TPSA) is 170 Å². The van der Waals surface area contributed by atoms with Crippen LogP contribution in [0.1, 0.15) is 103 Å². The van der Waals surface area contributed by atoms with Gasteiger partial charge in [-0.2, -0.15) is 0 Å². The lowest BCUT2D eigenvalue weighted by Crippen LogP contribution is -2.55. The molecule has 13 heteroatoms. The number of hydrogen-bond donors (Lipinski definition) is 6. The van der Waals surface area contributed by atoms with E-state index in [4.69, 9.17) is 44.1 Å². The van der Waals surface area contributed by atoms with E-state index < -0.39 is 17.6 Å². The van der Waals surface area contributed by atoms with Crippen LogP contribution >= 0.6 is 0 Å². The van der Waals surface area contributed by atoms with Crippen LogP contribution in [0.3, 0.4) is 0 Å². The first-order valence-corrected chi connectivity index (χ1v) is 19.2. The van der Waals surface area contributed by atoms with Crippen molar-refractivity contribution in [2.75, 3.05) is 19.7 Å². The molecule has 11 nitrogen and oxygen atoms in total. The minimum atomic E-state index is -3.12.